The molecule has 0 aromatic heterocycles. The van der Waals surface area contributed by atoms with Gasteiger partial charge in [-0.15, -0.1) is 0 Å². The monoisotopic (exact) mass is 261 g/mol. The van der Waals surface area contributed by atoms with Crippen molar-refractivity contribution in [1.29, 1.82) is 0 Å². The molecule has 3 heteroatoms. The van der Waals surface area contributed by atoms with Crippen molar-refractivity contribution in [2.45, 2.75) is 33.1 Å². The number of benzene rings is 1. The zero-order chi connectivity index (χ0) is 13.7. The van der Waals surface area contributed by atoms with E-state index in [1.54, 1.807) is 0 Å². The molecule has 0 radical (unpaired) electrons. The molecular weight excluding hydrogens is 238 g/mol. The highest BCUT2D eigenvalue weighted by Crippen LogP contribution is 2.16. The smallest absolute Gasteiger partial charge is 0.135 e. The zero-order valence-electron chi connectivity index (χ0n) is 11.9. The number of ketones is 1. The predicted octanol–water partition coefficient (Wildman–Crippen LogP) is 2.74. The van der Waals surface area contributed by atoms with Crippen LogP contribution in [-0.2, 0) is 4.79 Å². The summed E-state index contributed by atoms with van der Waals surface area (Å²) in [6.45, 7) is 7.78. The van der Waals surface area contributed by atoms with Crippen molar-refractivity contribution in [2.24, 2.45) is 0 Å². The van der Waals surface area contributed by atoms with Gasteiger partial charge in [0.2, 0.25) is 0 Å². The second kappa shape index (κ2) is 6.71. The molecule has 0 bridgehead atoms. The van der Waals surface area contributed by atoms with Gasteiger partial charge in [-0.05, 0) is 43.5 Å². The number of ether oxygens (including phenoxy) is 1. The third kappa shape index (κ3) is 4.67. The fraction of sp³-hybridized carbons (Fsp3) is 0.562. The lowest BCUT2D eigenvalue weighted by atomic mass is 10.1. The Hall–Kier alpha value is -1.35. The van der Waals surface area contributed by atoms with Gasteiger partial charge >= 0.3 is 0 Å². The molecular formula is C16H23NO2. The largest absolute Gasteiger partial charge is 0.494 e. The van der Waals surface area contributed by atoms with E-state index >= 15 is 0 Å². The topological polar surface area (TPSA) is 29.5 Å². The van der Waals surface area contributed by atoms with Gasteiger partial charge in [0, 0.05) is 32.5 Å². The maximum atomic E-state index is 11.1. The molecule has 1 aliphatic rings. The highest BCUT2D eigenvalue weighted by Gasteiger charge is 2.15. The molecule has 0 amide bonds. The number of rotatable bonds is 5. The normalized spacial score (nSPS) is 16.6. The Morgan fingerprint density at radius 1 is 1.11 bits per heavy atom. The van der Waals surface area contributed by atoms with Crippen molar-refractivity contribution in [3.8, 4) is 5.75 Å². The molecule has 1 saturated heterocycles. The Bertz CT molecular complexity index is 412. The van der Waals surface area contributed by atoms with Gasteiger partial charge in [-0.1, -0.05) is 6.07 Å². The van der Waals surface area contributed by atoms with Crippen molar-refractivity contribution < 1.29 is 9.53 Å². The minimum absolute atomic E-state index is 0.405. The highest BCUT2D eigenvalue weighted by atomic mass is 16.5. The van der Waals surface area contributed by atoms with Crippen LogP contribution >= 0.6 is 0 Å². The van der Waals surface area contributed by atoms with Crippen LogP contribution in [0.5, 0.6) is 5.75 Å². The number of Topliss-reactive ketones (excluding diaryl/α,β-unsaturated/α-hetero) is 1. The Morgan fingerprint density at radius 3 is 2.37 bits per heavy atom. The summed E-state index contributed by atoms with van der Waals surface area (Å²) in [7, 11) is 0. The van der Waals surface area contributed by atoms with Crippen LogP contribution in [-0.4, -0.2) is 36.9 Å². The van der Waals surface area contributed by atoms with E-state index in [0.29, 0.717) is 5.78 Å². The molecule has 0 aliphatic carbocycles. The molecule has 0 saturated carbocycles. The fourth-order valence-electron chi connectivity index (χ4n) is 2.52. The first-order valence-electron chi connectivity index (χ1n) is 7.08. The molecule has 1 aliphatic heterocycles. The van der Waals surface area contributed by atoms with Gasteiger partial charge in [0.25, 0.3) is 0 Å². The Morgan fingerprint density at radius 2 is 1.74 bits per heavy atom. The molecule has 3 nitrogen and oxygen atoms in total. The maximum Gasteiger partial charge on any atom is 0.135 e. The third-order valence-electron chi connectivity index (χ3n) is 3.50. The van der Waals surface area contributed by atoms with Crippen LogP contribution in [0.25, 0.3) is 0 Å². The summed E-state index contributed by atoms with van der Waals surface area (Å²) < 4.78 is 5.79. The average Bonchev–Trinajstić information content (AvgIpc) is 2.36. The van der Waals surface area contributed by atoms with Gasteiger partial charge in [0.15, 0.2) is 0 Å². The first-order valence-corrected chi connectivity index (χ1v) is 7.08. The number of nitrogens with zero attached hydrogens (tertiary/aromatic N) is 1. The fourth-order valence-corrected chi connectivity index (χ4v) is 2.52. The van der Waals surface area contributed by atoms with E-state index in [4.69, 9.17) is 4.74 Å². The molecule has 1 heterocycles. The molecule has 104 valence electrons. The molecule has 19 heavy (non-hydrogen) atoms. The molecule has 1 aromatic rings. The second-order valence-corrected chi connectivity index (χ2v) is 5.41. The van der Waals surface area contributed by atoms with Crippen LogP contribution in [0.15, 0.2) is 18.2 Å². The van der Waals surface area contributed by atoms with Gasteiger partial charge in [-0.3, -0.25) is 4.79 Å². The summed E-state index contributed by atoms with van der Waals surface area (Å²) in [6.07, 6.45) is 2.46. The minimum Gasteiger partial charge on any atom is -0.494 e. The summed E-state index contributed by atoms with van der Waals surface area (Å²) in [6, 6.07) is 6.30. The summed E-state index contributed by atoms with van der Waals surface area (Å²) in [5, 5.41) is 0. The minimum atomic E-state index is 0.405. The first kappa shape index (κ1) is 14.1. The lowest BCUT2D eigenvalue weighted by molar-refractivity contribution is -0.121. The zero-order valence-corrected chi connectivity index (χ0v) is 11.9. The van der Waals surface area contributed by atoms with Gasteiger partial charge in [-0.25, -0.2) is 0 Å². The average molecular weight is 261 g/mol. The van der Waals surface area contributed by atoms with E-state index in [9.17, 15) is 4.79 Å². The van der Waals surface area contributed by atoms with E-state index in [2.05, 4.69) is 36.9 Å². The standard InChI is InChI=1S/C16H23NO2/c1-13-10-14(2)12-16(11-13)19-9-3-6-17-7-4-15(18)5-8-17/h10-12H,3-9H2,1-2H3. The molecule has 1 fully saturated rings. The van der Waals surface area contributed by atoms with Gasteiger partial charge < -0.3 is 9.64 Å². The highest BCUT2D eigenvalue weighted by molar-refractivity contribution is 5.79. The van der Waals surface area contributed by atoms with Crippen molar-refractivity contribution in [3.63, 3.8) is 0 Å². The maximum absolute atomic E-state index is 11.1. The number of hydrogen-bond donors (Lipinski definition) is 0. The summed E-state index contributed by atoms with van der Waals surface area (Å²) in [5.41, 5.74) is 2.48. The summed E-state index contributed by atoms with van der Waals surface area (Å²) in [5.74, 6) is 1.37. The summed E-state index contributed by atoms with van der Waals surface area (Å²) >= 11 is 0. The predicted molar refractivity (Wildman–Crippen MR) is 76.7 cm³/mol. The van der Waals surface area contributed by atoms with E-state index < -0.39 is 0 Å². The van der Waals surface area contributed by atoms with Gasteiger partial charge in [-0.2, -0.15) is 0 Å². The first-order chi connectivity index (χ1) is 9.13. The second-order valence-electron chi connectivity index (χ2n) is 5.41. The molecule has 1 aromatic carbocycles. The summed E-state index contributed by atoms with van der Waals surface area (Å²) in [4.78, 5) is 13.5. The van der Waals surface area contributed by atoms with Crippen LogP contribution < -0.4 is 4.74 Å². The molecule has 0 N–H and O–H groups in total. The van der Waals surface area contributed by atoms with Crippen LogP contribution in [0.3, 0.4) is 0 Å². The van der Waals surface area contributed by atoms with Gasteiger partial charge in [0.1, 0.15) is 11.5 Å². The van der Waals surface area contributed by atoms with Crippen LogP contribution in [0.4, 0.5) is 0 Å². The molecule has 0 atom stereocenters. The van der Waals surface area contributed by atoms with E-state index in [1.807, 2.05) is 0 Å². The number of carbonyl (C=O) groups is 1. The Labute approximate surface area is 115 Å². The number of likely N-dealkylation sites (tertiary alicyclic amines) is 1. The number of hydrogen-bond acceptors (Lipinski definition) is 3. The van der Waals surface area contributed by atoms with Crippen LogP contribution in [0, 0.1) is 13.8 Å². The third-order valence-corrected chi connectivity index (χ3v) is 3.50. The molecule has 2 rings (SSSR count). The Kier molecular flexibility index (Phi) is 4.97. The lowest BCUT2D eigenvalue weighted by Gasteiger charge is -2.25. The lowest BCUT2D eigenvalue weighted by Crippen LogP contribution is -2.35. The SMILES string of the molecule is Cc1cc(C)cc(OCCCN2CCC(=O)CC2)c1. The van der Waals surface area contributed by atoms with E-state index in [-0.39, 0.29) is 0 Å². The van der Waals surface area contributed by atoms with Crippen LogP contribution in [0.2, 0.25) is 0 Å². The molecule has 0 spiro atoms. The molecule has 0 unspecified atom stereocenters. The van der Waals surface area contributed by atoms with Crippen molar-refractivity contribution >= 4 is 5.78 Å². The Balaban J connectivity index is 1.67. The van der Waals surface area contributed by atoms with Crippen LogP contribution in [0.1, 0.15) is 30.4 Å². The van der Waals surface area contributed by atoms with Crippen molar-refractivity contribution in [2.75, 3.05) is 26.2 Å². The van der Waals surface area contributed by atoms with E-state index in [1.165, 1.54) is 11.1 Å². The quantitative estimate of drug-likeness (QED) is 0.763. The number of piperidine rings is 1. The van der Waals surface area contributed by atoms with Crippen molar-refractivity contribution in [1.82, 2.24) is 4.90 Å². The van der Waals surface area contributed by atoms with Crippen molar-refractivity contribution in [3.05, 3.63) is 29.3 Å². The van der Waals surface area contributed by atoms with Gasteiger partial charge in [0.05, 0.1) is 6.61 Å². The van der Waals surface area contributed by atoms with E-state index in [0.717, 1.165) is 51.3 Å². The number of aryl methyl sites for hydroxylation is 2. The number of carbonyl (C=O) groups excluding carboxylic acids is 1.